The van der Waals surface area contributed by atoms with Crippen LogP contribution in [0.2, 0.25) is 0 Å². The SMILES string of the molecule is Cc1c[nH]c(=S)n1-c1cnc2ccccc2c1. The van der Waals surface area contributed by atoms with Crippen molar-refractivity contribution >= 4 is 23.1 Å². The molecule has 0 aliphatic carbocycles. The van der Waals surface area contributed by atoms with Gasteiger partial charge in [-0.3, -0.25) is 9.55 Å². The maximum atomic E-state index is 5.26. The summed E-state index contributed by atoms with van der Waals surface area (Å²) in [6, 6.07) is 10.2. The molecule has 0 bridgehead atoms. The topological polar surface area (TPSA) is 33.6 Å². The van der Waals surface area contributed by atoms with Crippen molar-refractivity contribution in [1.29, 1.82) is 0 Å². The van der Waals surface area contributed by atoms with Gasteiger partial charge in [-0.2, -0.15) is 0 Å². The van der Waals surface area contributed by atoms with Crippen LogP contribution in [0.25, 0.3) is 16.6 Å². The van der Waals surface area contributed by atoms with Crippen LogP contribution in [0.1, 0.15) is 5.69 Å². The molecule has 0 aliphatic heterocycles. The second kappa shape index (κ2) is 3.82. The Balaban J connectivity index is 2.29. The van der Waals surface area contributed by atoms with Gasteiger partial charge < -0.3 is 4.98 Å². The van der Waals surface area contributed by atoms with Crippen molar-refractivity contribution in [2.75, 3.05) is 0 Å². The first kappa shape index (κ1) is 10.2. The van der Waals surface area contributed by atoms with Crippen LogP contribution in [0.3, 0.4) is 0 Å². The van der Waals surface area contributed by atoms with Gasteiger partial charge in [-0.15, -0.1) is 0 Å². The number of H-pyrrole nitrogens is 1. The highest BCUT2D eigenvalue weighted by Gasteiger charge is 2.03. The van der Waals surface area contributed by atoms with Crippen molar-refractivity contribution in [3.8, 4) is 5.69 Å². The molecule has 3 rings (SSSR count). The number of para-hydroxylation sites is 1. The number of nitrogens with one attached hydrogen (secondary N) is 1. The fourth-order valence-electron chi connectivity index (χ4n) is 1.96. The van der Waals surface area contributed by atoms with Crippen LogP contribution in [0.5, 0.6) is 0 Å². The Hall–Kier alpha value is -1.94. The Bertz CT molecular complexity index is 740. The second-order valence-corrected chi connectivity index (χ2v) is 4.34. The van der Waals surface area contributed by atoms with Crippen LogP contribution in [0.15, 0.2) is 42.7 Å². The van der Waals surface area contributed by atoms with Crippen LogP contribution < -0.4 is 0 Å². The van der Waals surface area contributed by atoms with Crippen molar-refractivity contribution < 1.29 is 0 Å². The molecule has 0 unspecified atom stereocenters. The van der Waals surface area contributed by atoms with Gasteiger partial charge in [0, 0.05) is 17.3 Å². The fourth-order valence-corrected chi connectivity index (χ4v) is 2.27. The van der Waals surface area contributed by atoms with E-state index in [4.69, 9.17) is 12.2 Å². The molecule has 0 fully saturated rings. The molecule has 0 atom stereocenters. The minimum atomic E-state index is 0.694. The average molecular weight is 241 g/mol. The molecule has 4 heteroatoms. The highest BCUT2D eigenvalue weighted by atomic mass is 32.1. The van der Waals surface area contributed by atoms with Crippen LogP contribution in [-0.2, 0) is 0 Å². The summed E-state index contributed by atoms with van der Waals surface area (Å²) >= 11 is 5.26. The molecule has 0 radical (unpaired) electrons. The summed E-state index contributed by atoms with van der Waals surface area (Å²) in [5.41, 5.74) is 3.07. The van der Waals surface area contributed by atoms with E-state index in [9.17, 15) is 0 Å². The first-order valence-corrected chi connectivity index (χ1v) is 5.79. The number of aryl methyl sites for hydroxylation is 1. The summed E-state index contributed by atoms with van der Waals surface area (Å²) in [7, 11) is 0. The van der Waals surface area contributed by atoms with Crippen LogP contribution in [0, 0.1) is 11.7 Å². The molecule has 0 saturated heterocycles. The van der Waals surface area contributed by atoms with E-state index in [-0.39, 0.29) is 0 Å². The minimum Gasteiger partial charge on any atom is -0.337 e. The number of benzene rings is 1. The highest BCUT2D eigenvalue weighted by molar-refractivity contribution is 7.71. The molecule has 1 N–H and O–H groups in total. The van der Waals surface area contributed by atoms with Gasteiger partial charge in [-0.1, -0.05) is 18.2 Å². The molecule has 0 saturated carbocycles. The number of nitrogens with zero attached hydrogens (tertiary/aromatic N) is 2. The standard InChI is InChI=1S/C13H11N3S/c1-9-7-15-13(17)16(9)11-6-10-4-2-3-5-12(10)14-8-11/h2-8H,1H3,(H,15,17). The molecule has 2 aromatic heterocycles. The lowest BCUT2D eigenvalue weighted by Gasteiger charge is -2.06. The summed E-state index contributed by atoms with van der Waals surface area (Å²) in [6.45, 7) is 2.02. The number of hydrogen-bond donors (Lipinski definition) is 1. The first-order valence-electron chi connectivity index (χ1n) is 5.38. The molecule has 0 aliphatic rings. The number of rotatable bonds is 1. The Morgan fingerprint density at radius 2 is 2.12 bits per heavy atom. The van der Waals surface area contributed by atoms with Gasteiger partial charge >= 0.3 is 0 Å². The molecule has 0 amide bonds. The van der Waals surface area contributed by atoms with E-state index in [2.05, 4.69) is 22.1 Å². The van der Waals surface area contributed by atoms with E-state index in [0.717, 1.165) is 22.3 Å². The van der Waals surface area contributed by atoms with Gasteiger partial charge in [0.2, 0.25) is 0 Å². The van der Waals surface area contributed by atoms with Gasteiger partial charge in [0.15, 0.2) is 4.77 Å². The lowest BCUT2D eigenvalue weighted by atomic mass is 10.2. The van der Waals surface area contributed by atoms with E-state index < -0.39 is 0 Å². The van der Waals surface area contributed by atoms with E-state index in [1.54, 1.807) is 0 Å². The molecule has 3 aromatic rings. The number of imidazole rings is 1. The number of fused-ring (bicyclic) bond motifs is 1. The molecular weight excluding hydrogens is 230 g/mol. The predicted octanol–water partition coefficient (Wildman–Crippen LogP) is 3.39. The lowest BCUT2D eigenvalue weighted by molar-refractivity contribution is 0.979. The van der Waals surface area contributed by atoms with Crippen LogP contribution >= 0.6 is 12.2 Å². The van der Waals surface area contributed by atoms with E-state index in [1.807, 2.05) is 42.1 Å². The third-order valence-electron chi connectivity index (χ3n) is 2.79. The summed E-state index contributed by atoms with van der Waals surface area (Å²) in [4.78, 5) is 7.47. The smallest absolute Gasteiger partial charge is 0.182 e. The van der Waals surface area contributed by atoms with Crippen molar-refractivity contribution in [3.05, 3.63) is 53.2 Å². The number of pyridine rings is 1. The minimum absolute atomic E-state index is 0.694. The zero-order chi connectivity index (χ0) is 11.8. The van der Waals surface area contributed by atoms with Crippen molar-refractivity contribution in [2.45, 2.75) is 6.92 Å². The Morgan fingerprint density at radius 1 is 1.29 bits per heavy atom. The maximum Gasteiger partial charge on any atom is 0.182 e. The largest absolute Gasteiger partial charge is 0.337 e. The highest BCUT2D eigenvalue weighted by Crippen LogP contribution is 2.17. The third-order valence-corrected chi connectivity index (χ3v) is 3.09. The quantitative estimate of drug-likeness (QED) is 0.662. The monoisotopic (exact) mass is 241 g/mol. The van der Waals surface area contributed by atoms with E-state index in [1.165, 1.54) is 0 Å². The Morgan fingerprint density at radius 3 is 2.88 bits per heavy atom. The van der Waals surface area contributed by atoms with Gasteiger partial charge in [-0.25, -0.2) is 0 Å². The number of aromatic nitrogens is 3. The zero-order valence-electron chi connectivity index (χ0n) is 9.34. The first-order chi connectivity index (χ1) is 8.25. The summed E-state index contributed by atoms with van der Waals surface area (Å²) in [5, 5.41) is 1.12. The molecule has 17 heavy (non-hydrogen) atoms. The Labute approximate surface area is 104 Å². The third kappa shape index (κ3) is 1.66. The summed E-state index contributed by atoms with van der Waals surface area (Å²) in [5.74, 6) is 0. The fraction of sp³-hybridized carbons (Fsp3) is 0.0769. The van der Waals surface area contributed by atoms with Gasteiger partial charge in [0.1, 0.15) is 0 Å². The van der Waals surface area contributed by atoms with Gasteiger partial charge in [-0.05, 0) is 31.3 Å². The van der Waals surface area contributed by atoms with E-state index >= 15 is 0 Å². The summed E-state index contributed by atoms with van der Waals surface area (Å²) in [6.07, 6.45) is 3.75. The van der Waals surface area contributed by atoms with Gasteiger partial charge in [0.25, 0.3) is 0 Å². The molecular formula is C13H11N3S. The lowest BCUT2D eigenvalue weighted by Crippen LogP contribution is -1.97. The normalized spacial score (nSPS) is 10.9. The van der Waals surface area contributed by atoms with Crippen LogP contribution in [0.4, 0.5) is 0 Å². The molecule has 3 nitrogen and oxygen atoms in total. The molecule has 1 aromatic carbocycles. The van der Waals surface area contributed by atoms with Crippen molar-refractivity contribution in [2.24, 2.45) is 0 Å². The summed E-state index contributed by atoms with van der Waals surface area (Å²) < 4.78 is 2.67. The molecule has 84 valence electrons. The van der Waals surface area contributed by atoms with Gasteiger partial charge in [0.05, 0.1) is 17.4 Å². The molecule has 0 spiro atoms. The number of hydrogen-bond acceptors (Lipinski definition) is 2. The Kier molecular flexibility index (Phi) is 2.30. The second-order valence-electron chi connectivity index (χ2n) is 3.96. The van der Waals surface area contributed by atoms with Crippen molar-refractivity contribution in [3.63, 3.8) is 0 Å². The molecule has 2 heterocycles. The van der Waals surface area contributed by atoms with Crippen molar-refractivity contribution in [1.82, 2.24) is 14.5 Å². The zero-order valence-corrected chi connectivity index (χ0v) is 10.2. The van der Waals surface area contributed by atoms with Crippen LogP contribution in [-0.4, -0.2) is 14.5 Å². The predicted molar refractivity (Wildman–Crippen MR) is 71.0 cm³/mol. The average Bonchev–Trinajstić information content (AvgIpc) is 2.68. The van der Waals surface area contributed by atoms with E-state index in [0.29, 0.717) is 4.77 Å². The number of aromatic amines is 1. The maximum absolute atomic E-state index is 5.26.